The van der Waals surface area contributed by atoms with E-state index in [-0.39, 0.29) is 12.1 Å². The number of benzene rings is 1. The molecule has 2 rings (SSSR count). The molecule has 1 aliphatic heterocycles. The van der Waals surface area contributed by atoms with Gasteiger partial charge in [-0.1, -0.05) is 30.1 Å². The molecule has 0 aromatic heterocycles. The Morgan fingerprint density at radius 1 is 1.40 bits per heavy atom. The van der Waals surface area contributed by atoms with Gasteiger partial charge >= 0.3 is 0 Å². The molecule has 0 amide bonds. The molecule has 3 nitrogen and oxygen atoms in total. The minimum Gasteiger partial charge on any atom is -0.495 e. The second kappa shape index (κ2) is 6.99. The number of hydrogen-bond donors (Lipinski definition) is 1. The molecule has 1 aromatic carbocycles. The molecule has 3 unspecified atom stereocenters. The Morgan fingerprint density at radius 3 is 2.70 bits per heavy atom. The van der Waals surface area contributed by atoms with E-state index in [2.05, 4.69) is 19.2 Å². The number of halogens is 2. The van der Waals surface area contributed by atoms with Gasteiger partial charge in [0.1, 0.15) is 5.75 Å². The maximum absolute atomic E-state index is 6.42. The predicted octanol–water partition coefficient (Wildman–Crippen LogP) is 4.08. The highest BCUT2D eigenvalue weighted by Crippen LogP contribution is 2.40. The summed E-state index contributed by atoms with van der Waals surface area (Å²) in [5, 5.41) is 4.77. The van der Waals surface area contributed by atoms with Crippen molar-refractivity contribution >= 4 is 23.2 Å². The van der Waals surface area contributed by atoms with E-state index in [0.717, 1.165) is 25.1 Å². The van der Waals surface area contributed by atoms with Crippen molar-refractivity contribution in [2.75, 3.05) is 20.3 Å². The van der Waals surface area contributed by atoms with Crippen LogP contribution in [0.5, 0.6) is 5.75 Å². The van der Waals surface area contributed by atoms with Crippen LogP contribution in [0.4, 0.5) is 0 Å². The highest BCUT2D eigenvalue weighted by Gasteiger charge is 2.33. The molecule has 1 fully saturated rings. The molecule has 0 spiro atoms. The monoisotopic (exact) mass is 317 g/mol. The van der Waals surface area contributed by atoms with Gasteiger partial charge in [-0.3, -0.25) is 0 Å². The lowest BCUT2D eigenvalue weighted by molar-refractivity contribution is 0.0956. The summed E-state index contributed by atoms with van der Waals surface area (Å²) in [6, 6.07) is 3.83. The van der Waals surface area contributed by atoms with Gasteiger partial charge in [0.05, 0.1) is 18.2 Å². The van der Waals surface area contributed by atoms with Gasteiger partial charge in [-0.15, -0.1) is 0 Å². The van der Waals surface area contributed by atoms with Crippen molar-refractivity contribution in [3.05, 3.63) is 27.7 Å². The molecular weight excluding hydrogens is 297 g/mol. The zero-order chi connectivity index (χ0) is 14.7. The molecule has 0 saturated carbocycles. The van der Waals surface area contributed by atoms with Crippen molar-refractivity contribution in [1.29, 1.82) is 0 Å². The van der Waals surface area contributed by atoms with Gasteiger partial charge in [0.15, 0.2) is 0 Å². The summed E-state index contributed by atoms with van der Waals surface area (Å²) >= 11 is 12.7. The maximum Gasteiger partial charge on any atom is 0.138 e. The van der Waals surface area contributed by atoms with Crippen molar-refractivity contribution in [3.63, 3.8) is 0 Å². The third-order valence-corrected chi connectivity index (χ3v) is 4.52. The van der Waals surface area contributed by atoms with Crippen LogP contribution in [-0.4, -0.2) is 26.4 Å². The SMILES string of the molecule is CCNC(c1cc(Cl)c(OC)cc1Cl)C1CCOC1C. The largest absolute Gasteiger partial charge is 0.495 e. The topological polar surface area (TPSA) is 30.5 Å². The van der Waals surface area contributed by atoms with Crippen molar-refractivity contribution in [1.82, 2.24) is 5.32 Å². The van der Waals surface area contributed by atoms with E-state index >= 15 is 0 Å². The summed E-state index contributed by atoms with van der Waals surface area (Å²) in [4.78, 5) is 0. The highest BCUT2D eigenvalue weighted by atomic mass is 35.5. The molecule has 0 aliphatic carbocycles. The van der Waals surface area contributed by atoms with Gasteiger partial charge in [-0.05, 0) is 31.5 Å². The molecule has 5 heteroatoms. The van der Waals surface area contributed by atoms with Gasteiger partial charge in [0.2, 0.25) is 0 Å². The summed E-state index contributed by atoms with van der Waals surface area (Å²) in [6.45, 7) is 5.87. The van der Waals surface area contributed by atoms with Crippen LogP contribution in [0.15, 0.2) is 12.1 Å². The standard InChI is InChI=1S/C15H21Cl2NO2/c1-4-18-15(10-5-6-20-9(10)2)11-7-13(17)14(19-3)8-12(11)16/h7-10,15,18H,4-6H2,1-3H3. The molecule has 3 atom stereocenters. The number of methoxy groups -OCH3 is 1. The van der Waals surface area contributed by atoms with Crippen molar-refractivity contribution in [2.45, 2.75) is 32.4 Å². The Labute approximate surface area is 130 Å². The van der Waals surface area contributed by atoms with E-state index in [1.54, 1.807) is 13.2 Å². The fraction of sp³-hybridized carbons (Fsp3) is 0.600. The second-order valence-corrected chi connectivity index (χ2v) is 5.89. The average Bonchev–Trinajstić information content (AvgIpc) is 2.84. The molecule has 1 N–H and O–H groups in total. The quantitative estimate of drug-likeness (QED) is 0.887. The average molecular weight is 318 g/mol. The summed E-state index contributed by atoms with van der Waals surface area (Å²) in [5.74, 6) is 1.00. The number of nitrogens with one attached hydrogen (secondary N) is 1. The summed E-state index contributed by atoms with van der Waals surface area (Å²) < 4.78 is 10.9. The number of ether oxygens (including phenoxy) is 2. The molecule has 112 valence electrons. The van der Waals surface area contributed by atoms with Gasteiger partial charge in [-0.25, -0.2) is 0 Å². The van der Waals surface area contributed by atoms with Crippen LogP contribution >= 0.6 is 23.2 Å². The summed E-state index contributed by atoms with van der Waals surface area (Å²) in [5.41, 5.74) is 1.02. The first-order valence-corrected chi connectivity index (χ1v) is 7.72. The van der Waals surface area contributed by atoms with E-state index in [9.17, 15) is 0 Å². The Bertz CT molecular complexity index is 467. The van der Waals surface area contributed by atoms with E-state index in [1.165, 1.54) is 0 Å². The minimum atomic E-state index is 0.147. The van der Waals surface area contributed by atoms with Crippen LogP contribution in [0, 0.1) is 5.92 Å². The van der Waals surface area contributed by atoms with Gasteiger partial charge in [0, 0.05) is 29.7 Å². The predicted molar refractivity (Wildman–Crippen MR) is 83.0 cm³/mol. The van der Waals surface area contributed by atoms with Crippen molar-refractivity contribution in [3.8, 4) is 5.75 Å². The normalized spacial score (nSPS) is 23.9. The lowest BCUT2D eigenvalue weighted by atomic mass is 9.88. The lowest BCUT2D eigenvalue weighted by Crippen LogP contribution is -2.32. The van der Waals surface area contributed by atoms with Gasteiger partial charge < -0.3 is 14.8 Å². The summed E-state index contributed by atoms with van der Waals surface area (Å²) in [7, 11) is 1.59. The van der Waals surface area contributed by atoms with Crippen LogP contribution in [0.2, 0.25) is 10.0 Å². The molecule has 1 heterocycles. The second-order valence-electron chi connectivity index (χ2n) is 5.07. The van der Waals surface area contributed by atoms with Crippen molar-refractivity contribution < 1.29 is 9.47 Å². The molecule has 0 radical (unpaired) electrons. The van der Waals surface area contributed by atoms with E-state index in [1.807, 2.05) is 6.07 Å². The summed E-state index contributed by atoms with van der Waals surface area (Å²) in [6.07, 6.45) is 1.25. The Morgan fingerprint density at radius 2 is 2.15 bits per heavy atom. The Kier molecular flexibility index (Phi) is 5.56. The fourth-order valence-corrected chi connectivity index (χ4v) is 3.36. The maximum atomic E-state index is 6.42. The number of hydrogen-bond acceptors (Lipinski definition) is 3. The zero-order valence-electron chi connectivity index (χ0n) is 12.1. The van der Waals surface area contributed by atoms with Gasteiger partial charge in [0.25, 0.3) is 0 Å². The highest BCUT2D eigenvalue weighted by molar-refractivity contribution is 6.34. The smallest absolute Gasteiger partial charge is 0.138 e. The molecule has 20 heavy (non-hydrogen) atoms. The minimum absolute atomic E-state index is 0.147. The van der Waals surface area contributed by atoms with Crippen LogP contribution < -0.4 is 10.1 Å². The van der Waals surface area contributed by atoms with E-state index < -0.39 is 0 Å². The Balaban J connectivity index is 2.36. The lowest BCUT2D eigenvalue weighted by Gasteiger charge is -2.28. The van der Waals surface area contributed by atoms with E-state index in [4.69, 9.17) is 32.7 Å². The zero-order valence-corrected chi connectivity index (χ0v) is 13.6. The third-order valence-electron chi connectivity index (χ3n) is 3.89. The molecule has 0 bridgehead atoms. The molecular formula is C15H21Cl2NO2. The van der Waals surface area contributed by atoms with Crippen LogP contribution in [0.1, 0.15) is 31.9 Å². The first-order valence-electron chi connectivity index (χ1n) is 6.96. The third kappa shape index (κ3) is 3.22. The van der Waals surface area contributed by atoms with Crippen LogP contribution in [0.25, 0.3) is 0 Å². The molecule has 1 aromatic rings. The van der Waals surface area contributed by atoms with Gasteiger partial charge in [-0.2, -0.15) is 0 Å². The first-order chi connectivity index (χ1) is 9.58. The van der Waals surface area contributed by atoms with E-state index in [0.29, 0.717) is 21.7 Å². The molecule has 1 saturated heterocycles. The van der Waals surface area contributed by atoms with Crippen LogP contribution in [-0.2, 0) is 4.74 Å². The van der Waals surface area contributed by atoms with Crippen molar-refractivity contribution in [2.24, 2.45) is 5.92 Å². The Hall–Kier alpha value is -0.480. The first kappa shape index (κ1) is 15.9. The van der Waals surface area contributed by atoms with Crippen LogP contribution in [0.3, 0.4) is 0 Å². The molecule has 1 aliphatic rings. The fourth-order valence-electron chi connectivity index (χ4n) is 2.84. The number of rotatable bonds is 5.